The zero-order valence-electron chi connectivity index (χ0n) is 11.3. The van der Waals surface area contributed by atoms with Gasteiger partial charge in [0.1, 0.15) is 19.0 Å². The van der Waals surface area contributed by atoms with Gasteiger partial charge in [0.25, 0.3) is 0 Å². The molecule has 1 aliphatic rings. The van der Waals surface area contributed by atoms with Crippen molar-refractivity contribution >= 4 is 42.1 Å². The molecule has 0 radical (unpaired) electrons. The molecule has 7 heteroatoms. The van der Waals surface area contributed by atoms with E-state index in [1.54, 1.807) is 6.07 Å². The van der Waals surface area contributed by atoms with Crippen molar-refractivity contribution in [2.75, 3.05) is 37.8 Å². The van der Waals surface area contributed by atoms with Gasteiger partial charge in [-0.15, -0.1) is 24.8 Å². The summed E-state index contributed by atoms with van der Waals surface area (Å²) in [5.41, 5.74) is 1.07. The highest BCUT2D eigenvalue weighted by atomic mass is 35.5. The fourth-order valence-corrected chi connectivity index (χ4v) is 2.29. The van der Waals surface area contributed by atoms with E-state index in [9.17, 15) is 4.39 Å². The molecule has 1 N–H and O–H groups in total. The molecule has 0 bridgehead atoms. The lowest BCUT2D eigenvalue weighted by Crippen LogP contribution is -2.49. The maximum atomic E-state index is 12.1. The largest absolute Gasteiger partial charge is 0.489 e. The van der Waals surface area contributed by atoms with Gasteiger partial charge in [0.15, 0.2) is 0 Å². The molecule has 116 valence electrons. The van der Waals surface area contributed by atoms with E-state index in [4.69, 9.17) is 16.3 Å². The topological polar surface area (TPSA) is 24.5 Å². The molecule has 1 aliphatic heterocycles. The van der Waals surface area contributed by atoms with Crippen LogP contribution in [0.3, 0.4) is 0 Å². The van der Waals surface area contributed by atoms with Crippen molar-refractivity contribution in [3.05, 3.63) is 23.2 Å². The van der Waals surface area contributed by atoms with Crippen molar-refractivity contribution in [1.29, 1.82) is 0 Å². The quantitative estimate of drug-likeness (QED) is 0.906. The Kier molecular flexibility index (Phi) is 9.30. The van der Waals surface area contributed by atoms with Gasteiger partial charge in [-0.05, 0) is 19.1 Å². The highest BCUT2D eigenvalue weighted by molar-refractivity contribution is 6.32. The second kappa shape index (κ2) is 9.50. The van der Waals surface area contributed by atoms with E-state index < -0.39 is 6.67 Å². The first-order valence-electron chi connectivity index (χ1n) is 6.17. The van der Waals surface area contributed by atoms with Crippen LogP contribution in [0.15, 0.2) is 18.2 Å². The fraction of sp³-hybridized carbons (Fsp3) is 0.538. The molecule has 1 saturated heterocycles. The number of ether oxygens (including phenoxy) is 1. The molecule has 1 atom stereocenters. The second-order valence-electron chi connectivity index (χ2n) is 4.45. The summed E-state index contributed by atoms with van der Waals surface area (Å²) in [6, 6.07) is 6.13. The van der Waals surface area contributed by atoms with E-state index in [1.165, 1.54) is 0 Å². The van der Waals surface area contributed by atoms with Crippen molar-refractivity contribution in [1.82, 2.24) is 5.32 Å². The molecular weight excluding hydrogens is 326 g/mol. The number of halogens is 4. The van der Waals surface area contributed by atoms with Crippen LogP contribution in [-0.2, 0) is 0 Å². The van der Waals surface area contributed by atoms with Gasteiger partial charge in [0, 0.05) is 37.4 Å². The number of benzene rings is 1. The maximum absolute atomic E-state index is 12.1. The van der Waals surface area contributed by atoms with Gasteiger partial charge < -0.3 is 15.0 Å². The van der Waals surface area contributed by atoms with Crippen LogP contribution in [0.25, 0.3) is 0 Å². The van der Waals surface area contributed by atoms with E-state index in [0.29, 0.717) is 16.8 Å². The van der Waals surface area contributed by atoms with Crippen LogP contribution in [0.4, 0.5) is 10.1 Å². The zero-order valence-corrected chi connectivity index (χ0v) is 13.7. The average molecular weight is 346 g/mol. The van der Waals surface area contributed by atoms with Gasteiger partial charge >= 0.3 is 0 Å². The van der Waals surface area contributed by atoms with Crippen molar-refractivity contribution in [3.63, 3.8) is 0 Å². The van der Waals surface area contributed by atoms with Crippen LogP contribution in [-0.4, -0.2) is 39.0 Å². The summed E-state index contributed by atoms with van der Waals surface area (Å²) < 4.78 is 17.4. The third-order valence-corrected chi connectivity index (χ3v) is 3.30. The number of anilines is 1. The normalized spacial score (nSPS) is 17.9. The van der Waals surface area contributed by atoms with Gasteiger partial charge in [0.05, 0.1) is 5.02 Å². The number of rotatable bonds is 4. The minimum Gasteiger partial charge on any atom is -0.489 e. The predicted octanol–water partition coefficient (Wildman–Crippen LogP) is 3.33. The molecule has 0 amide bonds. The lowest BCUT2D eigenvalue weighted by Gasteiger charge is -2.33. The molecule has 0 spiro atoms. The van der Waals surface area contributed by atoms with Crippen LogP contribution < -0.4 is 15.0 Å². The number of alkyl halides is 1. The molecule has 1 fully saturated rings. The number of nitrogens with one attached hydrogen (secondary N) is 1. The van der Waals surface area contributed by atoms with Gasteiger partial charge in [0.2, 0.25) is 0 Å². The van der Waals surface area contributed by atoms with E-state index in [0.717, 1.165) is 25.3 Å². The average Bonchev–Trinajstić information content (AvgIpc) is 2.38. The molecule has 2 rings (SSSR count). The molecule has 0 aromatic heterocycles. The summed E-state index contributed by atoms with van der Waals surface area (Å²) in [5, 5.41) is 3.92. The summed E-state index contributed by atoms with van der Waals surface area (Å²) in [6.45, 7) is 4.55. The smallest absolute Gasteiger partial charge is 0.140 e. The highest BCUT2D eigenvalue weighted by Gasteiger charge is 2.17. The summed E-state index contributed by atoms with van der Waals surface area (Å²) >= 11 is 6.02. The monoisotopic (exact) mass is 344 g/mol. The van der Waals surface area contributed by atoms with Crippen LogP contribution >= 0.6 is 36.4 Å². The fourth-order valence-electron chi connectivity index (χ4n) is 2.11. The van der Waals surface area contributed by atoms with E-state index in [1.807, 2.05) is 12.1 Å². The Hall–Kier alpha value is -0.420. The molecule has 20 heavy (non-hydrogen) atoms. The first kappa shape index (κ1) is 19.6. The van der Waals surface area contributed by atoms with E-state index >= 15 is 0 Å². The number of hydrogen-bond acceptors (Lipinski definition) is 3. The Balaban J connectivity index is 0.00000180. The molecule has 1 aromatic carbocycles. The van der Waals surface area contributed by atoms with Crippen molar-refractivity contribution in [2.24, 2.45) is 0 Å². The standard InChI is InChI=1S/C13H18ClFN2O.2ClH/c1-10-9-17(6-5-16-10)11-2-3-12(14)13(8-11)18-7-4-15;;/h2-3,8,10,16H,4-7,9H2,1H3;2*1H/t10-;;/m0../s1. The van der Waals surface area contributed by atoms with E-state index in [2.05, 4.69) is 17.1 Å². The first-order chi connectivity index (χ1) is 8.70. The Labute approximate surface area is 136 Å². The Bertz CT molecular complexity index is 409. The molecule has 3 nitrogen and oxygen atoms in total. The van der Waals surface area contributed by atoms with Crippen LogP contribution in [0, 0.1) is 0 Å². The van der Waals surface area contributed by atoms with Crippen molar-refractivity contribution in [3.8, 4) is 5.75 Å². The van der Waals surface area contributed by atoms with Crippen LogP contribution in [0.2, 0.25) is 5.02 Å². The zero-order chi connectivity index (χ0) is 13.0. The second-order valence-corrected chi connectivity index (χ2v) is 4.86. The lowest BCUT2D eigenvalue weighted by atomic mass is 10.2. The first-order valence-corrected chi connectivity index (χ1v) is 6.55. The number of piperazine rings is 1. The summed E-state index contributed by atoms with van der Waals surface area (Å²) in [5.74, 6) is 0.554. The summed E-state index contributed by atoms with van der Waals surface area (Å²) in [4.78, 5) is 2.28. The SMILES string of the molecule is C[C@H]1CN(c2ccc(Cl)c(OCCF)c2)CCN1.Cl.Cl. The number of hydrogen-bond donors (Lipinski definition) is 1. The van der Waals surface area contributed by atoms with Gasteiger partial charge in [-0.3, -0.25) is 0 Å². The molecule has 1 aromatic rings. The summed E-state index contributed by atoms with van der Waals surface area (Å²) in [7, 11) is 0. The minimum atomic E-state index is -0.509. The Morgan fingerprint density at radius 3 is 2.85 bits per heavy atom. The molecule has 0 aliphatic carbocycles. The van der Waals surface area contributed by atoms with Gasteiger partial charge in [-0.25, -0.2) is 4.39 Å². The van der Waals surface area contributed by atoms with Crippen LogP contribution in [0.1, 0.15) is 6.92 Å². The molecule has 1 heterocycles. The molecule has 0 unspecified atom stereocenters. The van der Waals surface area contributed by atoms with Crippen molar-refractivity contribution in [2.45, 2.75) is 13.0 Å². The summed E-state index contributed by atoms with van der Waals surface area (Å²) in [6.07, 6.45) is 0. The third-order valence-electron chi connectivity index (χ3n) is 2.98. The maximum Gasteiger partial charge on any atom is 0.140 e. The molecular formula is C13H20Cl3FN2O. The van der Waals surface area contributed by atoms with Gasteiger partial charge in [-0.2, -0.15) is 0 Å². The highest BCUT2D eigenvalue weighted by Crippen LogP contribution is 2.30. The van der Waals surface area contributed by atoms with E-state index in [-0.39, 0.29) is 31.4 Å². The third kappa shape index (κ3) is 5.17. The van der Waals surface area contributed by atoms with Crippen molar-refractivity contribution < 1.29 is 9.13 Å². The van der Waals surface area contributed by atoms with Crippen LogP contribution in [0.5, 0.6) is 5.75 Å². The Morgan fingerprint density at radius 2 is 2.20 bits per heavy atom. The molecule has 0 saturated carbocycles. The predicted molar refractivity (Wildman–Crippen MR) is 87.1 cm³/mol. The minimum absolute atomic E-state index is 0. The van der Waals surface area contributed by atoms with Gasteiger partial charge in [-0.1, -0.05) is 11.6 Å². The number of nitrogens with zero attached hydrogens (tertiary/aromatic N) is 1. The lowest BCUT2D eigenvalue weighted by molar-refractivity contribution is 0.273. The Morgan fingerprint density at radius 1 is 1.45 bits per heavy atom.